The molecule has 3 rings (SSSR count). The van der Waals surface area contributed by atoms with Gasteiger partial charge in [-0.3, -0.25) is 4.79 Å². The third-order valence-corrected chi connectivity index (χ3v) is 5.63. The van der Waals surface area contributed by atoms with Crippen molar-refractivity contribution in [2.45, 2.75) is 39.0 Å². The summed E-state index contributed by atoms with van der Waals surface area (Å²) in [5, 5.41) is 6.39. The summed E-state index contributed by atoms with van der Waals surface area (Å²) in [6, 6.07) is 0. The summed E-state index contributed by atoms with van der Waals surface area (Å²) in [5.41, 5.74) is 0. The van der Waals surface area contributed by atoms with Crippen molar-refractivity contribution >= 4 is 5.91 Å². The number of carbonyl (C=O) groups is 1. The van der Waals surface area contributed by atoms with E-state index in [1.807, 2.05) is 0 Å². The Bertz CT molecular complexity index is 314. The van der Waals surface area contributed by atoms with Crippen LogP contribution in [0.4, 0.5) is 0 Å². The van der Waals surface area contributed by atoms with Crippen molar-refractivity contribution in [1.29, 1.82) is 0 Å². The van der Waals surface area contributed by atoms with Gasteiger partial charge in [0.25, 0.3) is 0 Å². The molecule has 0 aromatic carbocycles. The summed E-state index contributed by atoms with van der Waals surface area (Å²) in [5.74, 6) is 3.93. The summed E-state index contributed by atoms with van der Waals surface area (Å²) in [6.45, 7) is 5.00. The highest BCUT2D eigenvalue weighted by Gasteiger charge is 2.39. The minimum absolute atomic E-state index is 0.186. The van der Waals surface area contributed by atoms with Crippen molar-refractivity contribution in [2.24, 2.45) is 29.6 Å². The molecule has 2 aliphatic carbocycles. The molecule has 0 aromatic heterocycles. The Kier molecular flexibility index (Phi) is 3.60. The van der Waals surface area contributed by atoms with Gasteiger partial charge >= 0.3 is 0 Å². The third-order valence-electron chi connectivity index (χ3n) is 5.63. The highest BCUT2D eigenvalue weighted by Crippen LogP contribution is 2.49. The highest BCUT2D eigenvalue weighted by atomic mass is 16.1. The first-order valence-electron chi connectivity index (χ1n) is 7.72. The zero-order valence-electron chi connectivity index (χ0n) is 11.5. The van der Waals surface area contributed by atoms with E-state index in [0.717, 1.165) is 37.4 Å². The second kappa shape index (κ2) is 5.20. The van der Waals surface area contributed by atoms with Gasteiger partial charge in [0, 0.05) is 12.5 Å². The number of hydrogen-bond acceptors (Lipinski definition) is 2. The van der Waals surface area contributed by atoms with Crippen LogP contribution in [-0.4, -0.2) is 25.5 Å². The summed E-state index contributed by atoms with van der Waals surface area (Å²) >= 11 is 0. The second-order valence-corrected chi connectivity index (χ2v) is 6.72. The molecule has 3 heteroatoms. The molecule has 2 bridgehead atoms. The monoisotopic (exact) mass is 250 g/mol. The minimum Gasteiger partial charge on any atom is -0.356 e. The van der Waals surface area contributed by atoms with Gasteiger partial charge in [-0.25, -0.2) is 0 Å². The molecule has 2 saturated carbocycles. The van der Waals surface area contributed by atoms with Crippen molar-refractivity contribution in [3.8, 4) is 0 Å². The lowest BCUT2D eigenvalue weighted by Crippen LogP contribution is -2.49. The zero-order valence-corrected chi connectivity index (χ0v) is 11.5. The van der Waals surface area contributed by atoms with Crippen molar-refractivity contribution in [1.82, 2.24) is 10.6 Å². The van der Waals surface area contributed by atoms with Gasteiger partial charge in [0.2, 0.25) is 5.91 Å². The molecule has 1 saturated heterocycles. The Morgan fingerprint density at radius 3 is 2.72 bits per heavy atom. The number of amides is 1. The maximum absolute atomic E-state index is 12.0. The van der Waals surface area contributed by atoms with E-state index in [1.54, 1.807) is 0 Å². The van der Waals surface area contributed by atoms with Crippen LogP contribution in [0.2, 0.25) is 0 Å². The number of rotatable bonds is 5. The van der Waals surface area contributed by atoms with Gasteiger partial charge < -0.3 is 10.6 Å². The van der Waals surface area contributed by atoms with E-state index in [1.165, 1.54) is 32.1 Å². The lowest BCUT2D eigenvalue weighted by Gasteiger charge is -2.32. The first-order valence-corrected chi connectivity index (χ1v) is 7.72. The normalized spacial score (nSPS) is 36.4. The molecule has 18 heavy (non-hydrogen) atoms. The van der Waals surface area contributed by atoms with Gasteiger partial charge in [-0.2, -0.15) is 0 Å². The molecule has 0 spiro atoms. The van der Waals surface area contributed by atoms with Crippen LogP contribution in [0.15, 0.2) is 0 Å². The topological polar surface area (TPSA) is 41.1 Å². The molecule has 2 N–H and O–H groups in total. The second-order valence-electron chi connectivity index (χ2n) is 6.72. The number of nitrogens with one attached hydrogen (secondary N) is 2. The van der Waals surface area contributed by atoms with Crippen molar-refractivity contribution < 1.29 is 4.79 Å². The largest absolute Gasteiger partial charge is 0.356 e. The van der Waals surface area contributed by atoms with Crippen LogP contribution in [0.5, 0.6) is 0 Å². The first-order chi connectivity index (χ1) is 8.74. The average molecular weight is 250 g/mol. The molecular formula is C15H26N2O. The van der Waals surface area contributed by atoms with E-state index in [0.29, 0.717) is 5.92 Å². The van der Waals surface area contributed by atoms with E-state index in [-0.39, 0.29) is 11.8 Å². The summed E-state index contributed by atoms with van der Waals surface area (Å²) in [7, 11) is 0. The van der Waals surface area contributed by atoms with Gasteiger partial charge in [0.05, 0.1) is 0 Å². The first kappa shape index (κ1) is 12.5. The maximum Gasteiger partial charge on any atom is 0.223 e. The molecular weight excluding hydrogens is 224 g/mol. The lowest BCUT2D eigenvalue weighted by atomic mass is 9.86. The van der Waals surface area contributed by atoms with Crippen molar-refractivity contribution in [3.63, 3.8) is 0 Å². The van der Waals surface area contributed by atoms with Gasteiger partial charge in [-0.15, -0.1) is 0 Å². The van der Waals surface area contributed by atoms with Crippen LogP contribution >= 0.6 is 0 Å². The Hall–Kier alpha value is -0.570. The number of hydrogen-bond donors (Lipinski definition) is 2. The van der Waals surface area contributed by atoms with E-state index >= 15 is 0 Å². The maximum atomic E-state index is 12.0. The molecule has 1 amide bonds. The fourth-order valence-corrected chi connectivity index (χ4v) is 4.15. The van der Waals surface area contributed by atoms with Gasteiger partial charge in [0.15, 0.2) is 0 Å². The quantitative estimate of drug-likeness (QED) is 0.781. The lowest BCUT2D eigenvalue weighted by molar-refractivity contribution is -0.126. The zero-order chi connectivity index (χ0) is 12.5. The Morgan fingerprint density at radius 2 is 2.17 bits per heavy atom. The minimum atomic E-state index is 0.186. The molecule has 3 nitrogen and oxygen atoms in total. The Labute approximate surface area is 110 Å². The average Bonchev–Trinajstić information content (AvgIpc) is 2.88. The van der Waals surface area contributed by atoms with Crippen LogP contribution in [0.3, 0.4) is 0 Å². The molecule has 3 aliphatic rings. The van der Waals surface area contributed by atoms with E-state index in [9.17, 15) is 4.79 Å². The Balaban J connectivity index is 1.35. The summed E-state index contributed by atoms with van der Waals surface area (Å²) < 4.78 is 0. The number of carbonyl (C=O) groups excluding carboxylic acids is 1. The highest BCUT2D eigenvalue weighted by molar-refractivity contribution is 5.78. The predicted octanol–water partition coefficient (Wildman–Crippen LogP) is 1.78. The molecule has 1 heterocycles. The van der Waals surface area contributed by atoms with Crippen LogP contribution in [0.1, 0.15) is 39.0 Å². The van der Waals surface area contributed by atoms with Gasteiger partial charge in [-0.1, -0.05) is 13.3 Å². The number of fused-ring (bicyclic) bond motifs is 2. The third kappa shape index (κ3) is 2.42. The van der Waals surface area contributed by atoms with E-state index in [4.69, 9.17) is 0 Å². The Morgan fingerprint density at radius 1 is 1.33 bits per heavy atom. The molecule has 3 fully saturated rings. The van der Waals surface area contributed by atoms with Crippen LogP contribution in [0.25, 0.3) is 0 Å². The van der Waals surface area contributed by atoms with Crippen molar-refractivity contribution in [2.75, 3.05) is 19.6 Å². The van der Waals surface area contributed by atoms with E-state index < -0.39 is 0 Å². The standard InChI is InChI=1S/C15H26N2O/c1-10(14-8-16-9-14)15(18)17-5-4-13-7-11-2-3-12(13)6-11/h10-14,16H,2-9H2,1H3,(H,17,18). The molecule has 4 unspecified atom stereocenters. The molecule has 0 aromatic rings. The molecule has 1 aliphatic heterocycles. The fourth-order valence-electron chi connectivity index (χ4n) is 4.15. The SMILES string of the molecule is CC(C(=O)NCCC1CC2CCC1C2)C1CNC1. The van der Waals surface area contributed by atoms with Crippen molar-refractivity contribution in [3.05, 3.63) is 0 Å². The van der Waals surface area contributed by atoms with E-state index in [2.05, 4.69) is 17.6 Å². The predicted molar refractivity (Wildman–Crippen MR) is 72.1 cm³/mol. The van der Waals surface area contributed by atoms with Gasteiger partial charge in [-0.05, 0) is 62.4 Å². The molecule has 0 radical (unpaired) electrons. The smallest absolute Gasteiger partial charge is 0.223 e. The molecule has 102 valence electrons. The van der Waals surface area contributed by atoms with Gasteiger partial charge in [0.1, 0.15) is 0 Å². The van der Waals surface area contributed by atoms with Crippen LogP contribution in [-0.2, 0) is 4.79 Å². The summed E-state index contributed by atoms with van der Waals surface area (Å²) in [6.07, 6.45) is 7.04. The summed E-state index contributed by atoms with van der Waals surface area (Å²) in [4.78, 5) is 12.0. The van der Waals surface area contributed by atoms with Crippen LogP contribution < -0.4 is 10.6 Å². The fraction of sp³-hybridized carbons (Fsp3) is 0.933. The molecule has 4 atom stereocenters. The van der Waals surface area contributed by atoms with Crippen LogP contribution in [0, 0.1) is 29.6 Å².